The molecule has 1 nitrogen and oxygen atoms in total. The fraction of sp³-hybridized carbons (Fsp3) is 0.385. The highest BCUT2D eigenvalue weighted by molar-refractivity contribution is 5.14. The molecule has 76 valence electrons. The van der Waals surface area contributed by atoms with Crippen LogP contribution >= 0.6 is 0 Å². The third-order valence-corrected chi connectivity index (χ3v) is 2.32. The van der Waals surface area contributed by atoms with E-state index in [0.717, 1.165) is 19.3 Å². The van der Waals surface area contributed by atoms with Crippen LogP contribution in [0.25, 0.3) is 0 Å². The molecule has 1 atom stereocenters. The lowest BCUT2D eigenvalue weighted by Gasteiger charge is -2.08. The molecule has 1 aromatic rings. The van der Waals surface area contributed by atoms with Gasteiger partial charge in [-0.25, -0.2) is 0 Å². The van der Waals surface area contributed by atoms with E-state index >= 15 is 0 Å². The van der Waals surface area contributed by atoms with E-state index in [-0.39, 0.29) is 0 Å². The fourth-order valence-corrected chi connectivity index (χ4v) is 1.43. The van der Waals surface area contributed by atoms with Crippen LogP contribution in [-0.2, 0) is 6.42 Å². The van der Waals surface area contributed by atoms with Crippen molar-refractivity contribution in [2.24, 2.45) is 5.73 Å². The first-order valence-electron chi connectivity index (χ1n) is 5.23. The third-order valence-electron chi connectivity index (χ3n) is 2.32. The van der Waals surface area contributed by atoms with Gasteiger partial charge in [-0.1, -0.05) is 42.5 Å². The van der Waals surface area contributed by atoms with Crippen molar-refractivity contribution in [1.82, 2.24) is 0 Å². The van der Waals surface area contributed by atoms with Gasteiger partial charge in [0, 0.05) is 6.04 Å². The monoisotopic (exact) mass is 189 g/mol. The van der Waals surface area contributed by atoms with E-state index in [4.69, 9.17) is 5.73 Å². The molecule has 14 heavy (non-hydrogen) atoms. The molecule has 0 aliphatic carbocycles. The van der Waals surface area contributed by atoms with Crippen molar-refractivity contribution in [1.29, 1.82) is 0 Å². The van der Waals surface area contributed by atoms with Crippen LogP contribution in [0.1, 0.15) is 25.3 Å². The maximum Gasteiger partial charge on any atom is 0.00765 e. The number of allylic oxidation sites excluding steroid dienone is 1. The van der Waals surface area contributed by atoms with E-state index in [2.05, 4.69) is 36.4 Å². The number of rotatable bonds is 5. The molecule has 1 heteroatoms. The van der Waals surface area contributed by atoms with Gasteiger partial charge in [0.1, 0.15) is 0 Å². The predicted octanol–water partition coefficient (Wildman–Crippen LogP) is 2.91. The third kappa shape index (κ3) is 4.24. The van der Waals surface area contributed by atoms with E-state index in [1.807, 2.05) is 13.0 Å². The van der Waals surface area contributed by atoms with Crippen molar-refractivity contribution in [2.75, 3.05) is 0 Å². The van der Waals surface area contributed by atoms with E-state index in [9.17, 15) is 0 Å². The second kappa shape index (κ2) is 6.39. The quantitative estimate of drug-likeness (QED) is 0.708. The largest absolute Gasteiger partial charge is 0.327 e. The van der Waals surface area contributed by atoms with Crippen LogP contribution in [0.2, 0.25) is 0 Å². The molecule has 0 spiro atoms. The van der Waals surface area contributed by atoms with Gasteiger partial charge in [-0.2, -0.15) is 0 Å². The fourth-order valence-electron chi connectivity index (χ4n) is 1.43. The molecule has 0 amide bonds. The van der Waals surface area contributed by atoms with Gasteiger partial charge in [-0.05, 0) is 31.7 Å². The average Bonchev–Trinajstić information content (AvgIpc) is 2.25. The van der Waals surface area contributed by atoms with Crippen molar-refractivity contribution in [3.05, 3.63) is 48.0 Å². The van der Waals surface area contributed by atoms with Crippen LogP contribution in [-0.4, -0.2) is 6.04 Å². The SMILES string of the molecule is C/C=C\C[C@H](N)CCc1ccccc1. The molecule has 0 radical (unpaired) electrons. The molecular weight excluding hydrogens is 170 g/mol. The lowest BCUT2D eigenvalue weighted by Crippen LogP contribution is -2.19. The van der Waals surface area contributed by atoms with Gasteiger partial charge in [0.05, 0.1) is 0 Å². The number of benzene rings is 1. The molecule has 2 N–H and O–H groups in total. The average molecular weight is 189 g/mol. The molecule has 0 aliphatic rings. The molecule has 0 unspecified atom stereocenters. The summed E-state index contributed by atoms with van der Waals surface area (Å²) in [7, 11) is 0. The summed E-state index contributed by atoms with van der Waals surface area (Å²) in [4.78, 5) is 0. The summed E-state index contributed by atoms with van der Waals surface area (Å²) in [6, 6.07) is 10.8. The van der Waals surface area contributed by atoms with Gasteiger partial charge in [0.25, 0.3) is 0 Å². The molecule has 0 saturated heterocycles. The Kier molecular flexibility index (Phi) is 5.02. The smallest absolute Gasteiger partial charge is 0.00765 e. The highest BCUT2D eigenvalue weighted by atomic mass is 14.6. The first kappa shape index (κ1) is 11.0. The zero-order valence-electron chi connectivity index (χ0n) is 8.82. The number of hydrogen-bond donors (Lipinski definition) is 1. The molecule has 0 saturated carbocycles. The number of aryl methyl sites for hydroxylation is 1. The van der Waals surface area contributed by atoms with Crippen molar-refractivity contribution < 1.29 is 0 Å². The summed E-state index contributed by atoms with van der Waals surface area (Å²) in [5.74, 6) is 0. The minimum atomic E-state index is 0.298. The molecule has 0 aromatic heterocycles. The number of nitrogens with two attached hydrogens (primary N) is 1. The highest BCUT2D eigenvalue weighted by Crippen LogP contribution is 2.05. The van der Waals surface area contributed by atoms with Crippen molar-refractivity contribution >= 4 is 0 Å². The Morgan fingerprint density at radius 1 is 1.29 bits per heavy atom. The van der Waals surface area contributed by atoms with Gasteiger partial charge >= 0.3 is 0 Å². The summed E-state index contributed by atoms with van der Waals surface area (Å²) in [5.41, 5.74) is 7.33. The van der Waals surface area contributed by atoms with Gasteiger partial charge in [0.2, 0.25) is 0 Å². The summed E-state index contributed by atoms with van der Waals surface area (Å²) < 4.78 is 0. The summed E-state index contributed by atoms with van der Waals surface area (Å²) in [6.07, 6.45) is 7.33. The molecule has 0 bridgehead atoms. The van der Waals surface area contributed by atoms with Crippen LogP contribution in [0.15, 0.2) is 42.5 Å². The second-order valence-electron chi connectivity index (χ2n) is 3.59. The zero-order chi connectivity index (χ0) is 10.2. The Morgan fingerprint density at radius 3 is 2.64 bits per heavy atom. The molecule has 1 rings (SSSR count). The van der Waals surface area contributed by atoms with E-state index in [1.165, 1.54) is 5.56 Å². The van der Waals surface area contributed by atoms with Gasteiger partial charge < -0.3 is 5.73 Å². The van der Waals surface area contributed by atoms with Crippen LogP contribution in [0.5, 0.6) is 0 Å². The predicted molar refractivity (Wildman–Crippen MR) is 62.2 cm³/mol. The first-order chi connectivity index (χ1) is 6.83. The normalized spacial score (nSPS) is 13.3. The summed E-state index contributed by atoms with van der Waals surface area (Å²) in [5, 5.41) is 0. The summed E-state index contributed by atoms with van der Waals surface area (Å²) in [6.45, 7) is 2.03. The topological polar surface area (TPSA) is 26.0 Å². The van der Waals surface area contributed by atoms with Crippen molar-refractivity contribution in [3.63, 3.8) is 0 Å². The molecule has 0 fully saturated rings. The first-order valence-corrected chi connectivity index (χ1v) is 5.23. The van der Waals surface area contributed by atoms with Crippen LogP contribution in [0.4, 0.5) is 0 Å². The van der Waals surface area contributed by atoms with E-state index < -0.39 is 0 Å². The lowest BCUT2D eigenvalue weighted by atomic mass is 10.0. The van der Waals surface area contributed by atoms with Crippen LogP contribution < -0.4 is 5.73 Å². The summed E-state index contributed by atoms with van der Waals surface area (Å²) >= 11 is 0. The lowest BCUT2D eigenvalue weighted by molar-refractivity contribution is 0.621. The van der Waals surface area contributed by atoms with Gasteiger partial charge in [-0.3, -0.25) is 0 Å². The van der Waals surface area contributed by atoms with Crippen molar-refractivity contribution in [3.8, 4) is 0 Å². The van der Waals surface area contributed by atoms with Crippen molar-refractivity contribution in [2.45, 2.75) is 32.2 Å². The maximum absolute atomic E-state index is 5.96. The molecule has 0 aliphatic heterocycles. The molecular formula is C13H19N. The highest BCUT2D eigenvalue weighted by Gasteiger charge is 2.00. The minimum Gasteiger partial charge on any atom is -0.327 e. The van der Waals surface area contributed by atoms with E-state index in [0.29, 0.717) is 6.04 Å². The van der Waals surface area contributed by atoms with E-state index in [1.54, 1.807) is 0 Å². The maximum atomic E-state index is 5.96. The van der Waals surface area contributed by atoms with Gasteiger partial charge in [0.15, 0.2) is 0 Å². The van der Waals surface area contributed by atoms with Crippen LogP contribution in [0, 0.1) is 0 Å². The number of hydrogen-bond acceptors (Lipinski definition) is 1. The second-order valence-corrected chi connectivity index (χ2v) is 3.59. The Bertz CT molecular complexity index is 264. The molecule has 0 heterocycles. The van der Waals surface area contributed by atoms with Gasteiger partial charge in [-0.15, -0.1) is 0 Å². The Balaban J connectivity index is 2.27. The Morgan fingerprint density at radius 2 is 2.00 bits per heavy atom. The van der Waals surface area contributed by atoms with Crippen LogP contribution in [0.3, 0.4) is 0 Å². The zero-order valence-corrected chi connectivity index (χ0v) is 8.82. The Labute approximate surface area is 86.6 Å². The molecule has 1 aromatic carbocycles. The standard InChI is InChI=1S/C13H19N/c1-2-3-9-13(14)11-10-12-7-5-4-6-8-12/h2-8,13H,9-11,14H2,1H3/b3-2-/t13-/m0/s1. The minimum absolute atomic E-state index is 0.298. The Hall–Kier alpha value is -1.08.